The summed E-state index contributed by atoms with van der Waals surface area (Å²) < 4.78 is 0. The molecular formula is C13H18N2O. The van der Waals surface area contributed by atoms with Crippen LogP contribution in [0, 0.1) is 5.92 Å². The number of hydrogen-bond acceptors (Lipinski definition) is 2. The fourth-order valence-electron chi connectivity index (χ4n) is 2.14. The van der Waals surface area contributed by atoms with Gasteiger partial charge in [0.1, 0.15) is 0 Å². The molecule has 0 aromatic heterocycles. The predicted molar refractivity (Wildman–Crippen MR) is 65.3 cm³/mol. The molecule has 0 radical (unpaired) electrons. The fourth-order valence-corrected chi connectivity index (χ4v) is 2.14. The topological polar surface area (TPSA) is 41.1 Å². The van der Waals surface area contributed by atoms with E-state index in [9.17, 15) is 4.79 Å². The van der Waals surface area contributed by atoms with Gasteiger partial charge in [-0.15, -0.1) is 0 Å². The Morgan fingerprint density at radius 3 is 2.81 bits per heavy atom. The van der Waals surface area contributed by atoms with Gasteiger partial charge in [0.25, 0.3) is 0 Å². The van der Waals surface area contributed by atoms with Crippen LogP contribution in [0.25, 0.3) is 0 Å². The highest BCUT2D eigenvalue weighted by Crippen LogP contribution is 2.17. The van der Waals surface area contributed by atoms with E-state index < -0.39 is 0 Å². The van der Waals surface area contributed by atoms with E-state index in [2.05, 4.69) is 17.6 Å². The van der Waals surface area contributed by atoms with Gasteiger partial charge in [-0.1, -0.05) is 25.1 Å². The molecule has 1 saturated heterocycles. The molecule has 2 atom stereocenters. The van der Waals surface area contributed by atoms with Crippen LogP contribution >= 0.6 is 0 Å². The standard InChI is InChI=1S/C13H18N2O/c1-10-6-5-9-14-12(10)13(16)15-11-7-3-2-4-8-11/h2-4,7-8,10,12,14H,5-6,9H2,1H3,(H,15,16). The number of piperidine rings is 1. The number of hydrogen-bond donors (Lipinski definition) is 2. The summed E-state index contributed by atoms with van der Waals surface area (Å²) in [7, 11) is 0. The summed E-state index contributed by atoms with van der Waals surface area (Å²) in [5, 5.41) is 6.22. The van der Waals surface area contributed by atoms with E-state index in [0.29, 0.717) is 5.92 Å². The second-order valence-electron chi connectivity index (χ2n) is 4.41. The quantitative estimate of drug-likeness (QED) is 0.797. The molecule has 3 heteroatoms. The minimum absolute atomic E-state index is 0.0473. The molecule has 2 rings (SSSR count). The van der Waals surface area contributed by atoms with Crippen LogP contribution in [-0.4, -0.2) is 18.5 Å². The van der Waals surface area contributed by atoms with Gasteiger partial charge in [0, 0.05) is 5.69 Å². The van der Waals surface area contributed by atoms with Crippen LogP contribution in [0.2, 0.25) is 0 Å². The predicted octanol–water partition coefficient (Wildman–Crippen LogP) is 2.01. The maximum atomic E-state index is 12.0. The van der Waals surface area contributed by atoms with Crippen molar-refractivity contribution in [1.29, 1.82) is 0 Å². The smallest absolute Gasteiger partial charge is 0.241 e. The number of carbonyl (C=O) groups excluding carboxylic acids is 1. The highest BCUT2D eigenvalue weighted by atomic mass is 16.2. The number of nitrogens with one attached hydrogen (secondary N) is 2. The van der Waals surface area contributed by atoms with E-state index in [1.165, 1.54) is 0 Å². The van der Waals surface area contributed by atoms with Crippen molar-refractivity contribution in [3.63, 3.8) is 0 Å². The zero-order chi connectivity index (χ0) is 11.4. The summed E-state index contributed by atoms with van der Waals surface area (Å²) in [5.74, 6) is 0.496. The molecule has 1 amide bonds. The summed E-state index contributed by atoms with van der Waals surface area (Å²) in [6.45, 7) is 3.07. The van der Waals surface area contributed by atoms with Crippen LogP contribution in [-0.2, 0) is 4.79 Å². The molecule has 1 fully saturated rings. The van der Waals surface area contributed by atoms with Gasteiger partial charge < -0.3 is 10.6 Å². The summed E-state index contributed by atoms with van der Waals surface area (Å²) in [4.78, 5) is 12.0. The Hall–Kier alpha value is -1.35. The average molecular weight is 218 g/mol. The van der Waals surface area contributed by atoms with E-state index in [4.69, 9.17) is 0 Å². The Labute approximate surface area is 96.2 Å². The van der Waals surface area contributed by atoms with Gasteiger partial charge in [-0.3, -0.25) is 4.79 Å². The van der Waals surface area contributed by atoms with E-state index in [-0.39, 0.29) is 11.9 Å². The Balaban J connectivity index is 1.97. The van der Waals surface area contributed by atoms with Gasteiger partial charge in [-0.2, -0.15) is 0 Å². The van der Waals surface area contributed by atoms with E-state index >= 15 is 0 Å². The molecule has 86 valence electrons. The first kappa shape index (κ1) is 11.1. The van der Waals surface area contributed by atoms with Crippen molar-refractivity contribution in [2.24, 2.45) is 5.92 Å². The summed E-state index contributed by atoms with van der Waals surface area (Å²) in [6.07, 6.45) is 2.29. The Morgan fingerprint density at radius 1 is 1.38 bits per heavy atom. The van der Waals surface area contributed by atoms with Crippen LogP contribution < -0.4 is 10.6 Å². The van der Waals surface area contributed by atoms with Crippen molar-refractivity contribution in [3.8, 4) is 0 Å². The van der Waals surface area contributed by atoms with Gasteiger partial charge in [0.15, 0.2) is 0 Å². The maximum absolute atomic E-state index is 12.0. The number of benzene rings is 1. The van der Waals surface area contributed by atoms with Crippen molar-refractivity contribution >= 4 is 11.6 Å². The third-order valence-corrected chi connectivity index (χ3v) is 3.09. The highest BCUT2D eigenvalue weighted by molar-refractivity contribution is 5.95. The molecule has 16 heavy (non-hydrogen) atoms. The highest BCUT2D eigenvalue weighted by Gasteiger charge is 2.27. The molecule has 0 bridgehead atoms. The Morgan fingerprint density at radius 2 is 2.12 bits per heavy atom. The molecule has 1 aromatic carbocycles. The third kappa shape index (κ3) is 2.61. The zero-order valence-electron chi connectivity index (χ0n) is 9.57. The van der Waals surface area contributed by atoms with Crippen molar-refractivity contribution < 1.29 is 4.79 Å². The van der Waals surface area contributed by atoms with E-state index in [1.54, 1.807) is 0 Å². The SMILES string of the molecule is CC1CCCNC1C(=O)Nc1ccccc1. The molecule has 1 aliphatic heterocycles. The molecule has 3 nitrogen and oxygen atoms in total. The largest absolute Gasteiger partial charge is 0.325 e. The van der Waals surface area contributed by atoms with Gasteiger partial charge in [0.05, 0.1) is 6.04 Å². The first-order valence-electron chi connectivity index (χ1n) is 5.86. The molecule has 2 N–H and O–H groups in total. The minimum atomic E-state index is -0.0473. The third-order valence-electron chi connectivity index (χ3n) is 3.09. The van der Waals surface area contributed by atoms with Crippen molar-refractivity contribution in [2.75, 3.05) is 11.9 Å². The minimum Gasteiger partial charge on any atom is -0.325 e. The van der Waals surface area contributed by atoms with Crippen LogP contribution in [0.3, 0.4) is 0 Å². The molecule has 1 heterocycles. The Bertz CT molecular complexity index is 350. The number of carbonyl (C=O) groups is 1. The molecule has 0 aliphatic carbocycles. The lowest BCUT2D eigenvalue weighted by molar-refractivity contribution is -0.119. The maximum Gasteiger partial charge on any atom is 0.241 e. The number of rotatable bonds is 2. The molecule has 0 saturated carbocycles. The molecule has 1 aliphatic rings. The van der Waals surface area contributed by atoms with Crippen LogP contribution in [0.1, 0.15) is 19.8 Å². The molecular weight excluding hydrogens is 200 g/mol. The second kappa shape index (κ2) is 5.12. The van der Waals surface area contributed by atoms with Gasteiger partial charge >= 0.3 is 0 Å². The van der Waals surface area contributed by atoms with Crippen LogP contribution in [0.15, 0.2) is 30.3 Å². The fraction of sp³-hybridized carbons (Fsp3) is 0.462. The number of anilines is 1. The lowest BCUT2D eigenvalue weighted by Gasteiger charge is -2.28. The average Bonchev–Trinajstić information content (AvgIpc) is 2.31. The van der Waals surface area contributed by atoms with Crippen molar-refractivity contribution in [3.05, 3.63) is 30.3 Å². The van der Waals surface area contributed by atoms with Crippen LogP contribution in [0.5, 0.6) is 0 Å². The van der Waals surface area contributed by atoms with Crippen LogP contribution in [0.4, 0.5) is 5.69 Å². The van der Waals surface area contributed by atoms with E-state index in [1.807, 2.05) is 30.3 Å². The molecule has 1 aromatic rings. The second-order valence-corrected chi connectivity index (χ2v) is 4.41. The summed E-state index contributed by atoms with van der Waals surface area (Å²) >= 11 is 0. The lowest BCUT2D eigenvalue weighted by atomic mass is 9.92. The van der Waals surface area contributed by atoms with Crippen molar-refractivity contribution in [1.82, 2.24) is 5.32 Å². The van der Waals surface area contributed by atoms with Gasteiger partial charge in [0.2, 0.25) is 5.91 Å². The normalized spacial score (nSPS) is 25.1. The lowest BCUT2D eigenvalue weighted by Crippen LogP contribution is -2.48. The molecule has 2 unspecified atom stereocenters. The van der Waals surface area contributed by atoms with E-state index in [0.717, 1.165) is 25.1 Å². The summed E-state index contributed by atoms with van der Waals surface area (Å²) in [5.41, 5.74) is 0.868. The van der Waals surface area contributed by atoms with Gasteiger partial charge in [-0.25, -0.2) is 0 Å². The first-order chi connectivity index (χ1) is 7.77. The molecule has 0 spiro atoms. The summed E-state index contributed by atoms with van der Waals surface area (Å²) in [6, 6.07) is 9.56. The monoisotopic (exact) mass is 218 g/mol. The van der Waals surface area contributed by atoms with Crippen molar-refractivity contribution in [2.45, 2.75) is 25.8 Å². The number of amides is 1. The first-order valence-corrected chi connectivity index (χ1v) is 5.86. The Kier molecular flexibility index (Phi) is 3.57. The van der Waals surface area contributed by atoms with Gasteiger partial charge in [-0.05, 0) is 37.4 Å². The number of para-hydroxylation sites is 1. The zero-order valence-corrected chi connectivity index (χ0v) is 9.57.